The van der Waals surface area contributed by atoms with Gasteiger partial charge in [-0.15, -0.1) is 0 Å². The molecular formula is C14H20FN3O3. The van der Waals surface area contributed by atoms with Crippen LogP contribution >= 0.6 is 0 Å². The van der Waals surface area contributed by atoms with Gasteiger partial charge in [0.15, 0.2) is 5.82 Å². The molecule has 1 fully saturated rings. The summed E-state index contributed by atoms with van der Waals surface area (Å²) in [5, 5.41) is 2.41. The molecule has 0 saturated carbocycles. The van der Waals surface area contributed by atoms with E-state index in [9.17, 15) is 9.18 Å². The number of halogens is 1. The lowest BCUT2D eigenvalue weighted by molar-refractivity contribution is 0.0635. The number of carbonyl (C=O) groups is 1. The average Bonchev–Trinajstić information content (AvgIpc) is 2.40. The van der Waals surface area contributed by atoms with Gasteiger partial charge in [-0.3, -0.25) is 5.32 Å². The molecule has 1 saturated heterocycles. The van der Waals surface area contributed by atoms with Crippen LogP contribution in [0.3, 0.4) is 0 Å². The fourth-order valence-electron chi connectivity index (χ4n) is 1.90. The van der Waals surface area contributed by atoms with E-state index in [0.717, 1.165) is 6.20 Å². The van der Waals surface area contributed by atoms with Gasteiger partial charge in [-0.05, 0) is 20.8 Å². The van der Waals surface area contributed by atoms with Gasteiger partial charge in [-0.25, -0.2) is 14.2 Å². The van der Waals surface area contributed by atoms with Crippen molar-refractivity contribution >= 4 is 17.6 Å². The number of morpholine rings is 1. The van der Waals surface area contributed by atoms with Crippen molar-refractivity contribution in [2.24, 2.45) is 0 Å². The number of carbonyl (C=O) groups excluding carboxylic acids is 1. The maximum absolute atomic E-state index is 13.8. The summed E-state index contributed by atoms with van der Waals surface area (Å²) in [7, 11) is 0. The first-order valence-electron chi connectivity index (χ1n) is 6.83. The summed E-state index contributed by atoms with van der Waals surface area (Å²) in [5.41, 5.74) is -0.582. The fraction of sp³-hybridized carbons (Fsp3) is 0.571. The highest BCUT2D eigenvalue weighted by atomic mass is 19.1. The summed E-state index contributed by atoms with van der Waals surface area (Å²) in [6.07, 6.45) is 0.401. The molecule has 0 atom stereocenters. The van der Waals surface area contributed by atoms with E-state index >= 15 is 0 Å². The minimum absolute atomic E-state index is 0.0562. The van der Waals surface area contributed by atoms with Gasteiger partial charge in [0, 0.05) is 19.2 Å². The van der Waals surface area contributed by atoms with E-state index in [-0.39, 0.29) is 5.69 Å². The van der Waals surface area contributed by atoms with E-state index in [1.165, 1.54) is 6.07 Å². The van der Waals surface area contributed by atoms with Crippen LogP contribution in [0.1, 0.15) is 20.8 Å². The highest BCUT2D eigenvalue weighted by molar-refractivity contribution is 5.85. The van der Waals surface area contributed by atoms with E-state index in [4.69, 9.17) is 9.47 Å². The third-order valence-electron chi connectivity index (χ3n) is 2.81. The predicted octanol–water partition coefficient (Wildman–Crippen LogP) is 2.40. The summed E-state index contributed by atoms with van der Waals surface area (Å²) < 4.78 is 24.1. The molecule has 2 heterocycles. The molecule has 2 rings (SSSR count). The minimum Gasteiger partial charge on any atom is -0.444 e. The van der Waals surface area contributed by atoms with Gasteiger partial charge in [-0.1, -0.05) is 0 Å². The lowest BCUT2D eigenvalue weighted by Gasteiger charge is -2.28. The van der Waals surface area contributed by atoms with Gasteiger partial charge in [0.1, 0.15) is 11.4 Å². The van der Waals surface area contributed by atoms with Crippen molar-refractivity contribution < 1.29 is 18.7 Å². The SMILES string of the molecule is CC(C)(C)OC(=O)Nc1cc(N2CCOCC2)ncc1F. The van der Waals surface area contributed by atoms with Gasteiger partial charge in [0.2, 0.25) is 0 Å². The third kappa shape index (κ3) is 4.56. The van der Waals surface area contributed by atoms with E-state index < -0.39 is 17.5 Å². The summed E-state index contributed by atoms with van der Waals surface area (Å²) >= 11 is 0. The molecule has 0 aliphatic carbocycles. The predicted molar refractivity (Wildman–Crippen MR) is 77.1 cm³/mol. The van der Waals surface area contributed by atoms with E-state index in [2.05, 4.69) is 10.3 Å². The third-order valence-corrected chi connectivity index (χ3v) is 2.81. The Morgan fingerprint density at radius 3 is 2.71 bits per heavy atom. The molecule has 0 spiro atoms. The molecule has 0 unspecified atom stereocenters. The molecule has 1 aliphatic heterocycles. The first-order chi connectivity index (χ1) is 9.85. The van der Waals surface area contributed by atoms with Crippen molar-refractivity contribution in [3.8, 4) is 0 Å². The Bertz CT molecular complexity index is 511. The smallest absolute Gasteiger partial charge is 0.412 e. The lowest BCUT2D eigenvalue weighted by Crippen LogP contribution is -2.36. The zero-order valence-electron chi connectivity index (χ0n) is 12.5. The topological polar surface area (TPSA) is 63.7 Å². The van der Waals surface area contributed by atoms with Gasteiger partial charge >= 0.3 is 6.09 Å². The Balaban J connectivity index is 2.10. The Hall–Kier alpha value is -1.89. The second kappa shape index (κ2) is 6.26. The number of ether oxygens (including phenoxy) is 2. The van der Waals surface area contributed by atoms with Crippen LogP contribution in [0.5, 0.6) is 0 Å². The fourth-order valence-corrected chi connectivity index (χ4v) is 1.90. The molecule has 7 heteroatoms. The number of nitrogens with zero attached hydrogens (tertiary/aromatic N) is 2. The van der Waals surface area contributed by atoms with Crippen LogP contribution in [-0.4, -0.2) is 43.0 Å². The molecule has 1 aromatic heterocycles. The van der Waals surface area contributed by atoms with Crippen molar-refractivity contribution in [1.82, 2.24) is 4.98 Å². The summed E-state index contributed by atoms with van der Waals surface area (Å²) in [4.78, 5) is 17.7. The Morgan fingerprint density at radius 2 is 2.10 bits per heavy atom. The zero-order chi connectivity index (χ0) is 15.5. The molecular weight excluding hydrogens is 277 g/mol. The maximum atomic E-state index is 13.8. The Morgan fingerprint density at radius 1 is 1.43 bits per heavy atom. The van der Waals surface area contributed by atoms with Crippen molar-refractivity contribution in [2.45, 2.75) is 26.4 Å². The maximum Gasteiger partial charge on any atom is 0.412 e. The number of amides is 1. The number of pyridine rings is 1. The summed E-state index contributed by atoms with van der Waals surface area (Å²) in [6, 6.07) is 1.50. The van der Waals surface area contributed by atoms with Crippen LogP contribution in [0.4, 0.5) is 20.7 Å². The Labute approximate surface area is 123 Å². The molecule has 1 aromatic rings. The van der Waals surface area contributed by atoms with Crippen molar-refractivity contribution in [1.29, 1.82) is 0 Å². The van der Waals surface area contributed by atoms with Crippen LogP contribution in [0, 0.1) is 5.82 Å². The second-order valence-corrected chi connectivity index (χ2v) is 5.75. The van der Waals surface area contributed by atoms with Gasteiger partial charge in [-0.2, -0.15) is 0 Å². The Kier molecular flexibility index (Phi) is 4.62. The van der Waals surface area contributed by atoms with Crippen molar-refractivity contribution in [3.63, 3.8) is 0 Å². The minimum atomic E-state index is -0.694. The summed E-state index contributed by atoms with van der Waals surface area (Å²) in [5.74, 6) is 0.00336. The molecule has 0 radical (unpaired) electrons. The van der Waals surface area contributed by atoms with Crippen molar-refractivity contribution in [3.05, 3.63) is 18.1 Å². The highest BCUT2D eigenvalue weighted by Gasteiger charge is 2.19. The zero-order valence-corrected chi connectivity index (χ0v) is 12.5. The largest absolute Gasteiger partial charge is 0.444 e. The first kappa shape index (κ1) is 15.5. The standard InChI is InChI=1S/C14H20FN3O3/c1-14(2,3)21-13(19)17-11-8-12(16-9-10(11)15)18-4-6-20-7-5-18/h8-9H,4-7H2,1-3H3,(H,16,17,19). The van der Waals surface area contributed by atoms with Crippen LogP contribution < -0.4 is 10.2 Å². The van der Waals surface area contributed by atoms with E-state index in [1.807, 2.05) is 4.90 Å². The molecule has 116 valence electrons. The molecule has 0 bridgehead atoms. The van der Waals surface area contributed by atoms with Gasteiger partial charge in [0.05, 0.1) is 25.1 Å². The van der Waals surface area contributed by atoms with Crippen LogP contribution in [-0.2, 0) is 9.47 Å². The number of aromatic nitrogens is 1. The van der Waals surface area contributed by atoms with Gasteiger partial charge in [0.25, 0.3) is 0 Å². The number of rotatable bonds is 2. The lowest BCUT2D eigenvalue weighted by atomic mass is 10.2. The molecule has 0 aromatic carbocycles. The monoisotopic (exact) mass is 297 g/mol. The molecule has 6 nitrogen and oxygen atoms in total. The highest BCUT2D eigenvalue weighted by Crippen LogP contribution is 2.21. The van der Waals surface area contributed by atoms with Crippen molar-refractivity contribution in [2.75, 3.05) is 36.5 Å². The second-order valence-electron chi connectivity index (χ2n) is 5.75. The number of anilines is 2. The molecule has 1 N–H and O–H groups in total. The van der Waals surface area contributed by atoms with Crippen LogP contribution in [0.2, 0.25) is 0 Å². The number of hydrogen-bond donors (Lipinski definition) is 1. The molecule has 1 amide bonds. The number of hydrogen-bond acceptors (Lipinski definition) is 5. The normalized spacial score (nSPS) is 15.7. The number of nitrogens with one attached hydrogen (secondary N) is 1. The van der Waals surface area contributed by atoms with E-state index in [0.29, 0.717) is 32.1 Å². The van der Waals surface area contributed by atoms with Gasteiger partial charge < -0.3 is 14.4 Å². The average molecular weight is 297 g/mol. The quantitative estimate of drug-likeness (QED) is 0.908. The first-order valence-corrected chi connectivity index (χ1v) is 6.83. The molecule has 21 heavy (non-hydrogen) atoms. The van der Waals surface area contributed by atoms with E-state index in [1.54, 1.807) is 20.8 Å². The summed E-state index contributed by atoms with van der Waals surface area (Å²) in [6.45, 7) is 7.81. The molecule has 1 aliphatic rings. The van der Waals surface area contributed by atoms with Crippen LogP contribution in [0.25, 0.3) is 0 Å². The van der Waals surface area contributed by atoms with Crippen LogP contribution in [0.15, 0.2) is 12.3 Å².